The molecular weight excluding hydrogens is 466 g/mol. The lowest BCUT2D eigenvalue weighted by Gasteiger charge is -2.32. The minimum absolute atomic E-state index is 0.0465. The number of nitrogens with one attached hydrogen (secondary N) is 2. The summed E-state index contributed by atoms with van der Waals surface area (Å²) >= 11 is 0. The van der Waals surface area contributed by atoms with Crippen LogP contribution < -0.4 is 37.1 Å². The average molecular weight is 502 g/mol. The molecule has 12 heteroatoms. The molecule has 0 unspecified atom stereocenters. The van der Waals surface area contributed by atoms with E-state index in [4.69, 9.17) is 15.2 Å². The van der Waals surface area contributed by atoms with E-state index in [0.29, 0.717) is 36.8 Å². The van der Waals surface area contributed by atoms with Crippen molar-refractivity contribution in [3.8, 4) is 11.8 Å². The molecule has 0 radical (unpaired) electrons. The van der Waals surface area contributed by atoms with Gasteiger partial charge in [-0.15, -0.1) is 0 Å². The Labute approximate surface area is 208 Å². The quantitative estimate of drug-likeness (QED) is 0.307. The average Bonchev–Trinajstić information content (AvgIpc) is 3.17. The van der Waals surface area contributed by atoms with Gasteiger partial charge in [0, 0.05) is 19.6 Å². The molecule has 0 saturated carbocycles. The number of nitrogens with zero attached hydrogens (tertiary/aromatic N) is 4. The van der Waals surface area contributed by atoms with Crippen LogP contribution in [0.2, 0.25) is 0 Å². The van der Waals surface area contributed by atoms with Crippen LogP contribution in [0.1, 0.15) is 46.5 Å². The van der Waals surface area contributed by atoms with Gasteiger partial charge in [-0.05, 0) is 52.1 Å². The highest BCUT2D eigenvalue weighted by molar-refractivity contribution is 5.81. The van der Waals surface area contributed by atoms with Crippen molar-refractivity contribution >= 4 is 22.7 Å². The van der Waals surface area contributed by atoms with Gasteiger partial charge in [-0.1, -0.05) is 13.3 Å². The number of aromatic amines is 1. The van der Waals surface area contributed by atoms with Crippen LogP contribution in [0.5, 0.6) is 11.8 Å². The molecule has 4 rings (SSSR count). The maximum absolute atomic E-state index is 12.7. The lowest BCUT2D eigenvalue weighted by molar-refractivity contribution is 0.178. The van der Waals surface area contributed by atoms with Gasteiger partial charge >= 0.3 is 11.7 Å². The topological polar surface area (TPSA) is 157 Å². The highest BCUT2D eigenvalue weighted by Gasteiger charge is 2.24. The van der Waals surface area contributed by atoms with Crippen molar-refractivity contribution in [2.24, 2.45) is 5.92 Å². The molecule has 12 nitrogen and oxygen atoms in total. The van der Waals surface area contributed by atoms with Gasteiger partial charge in [-0.25, -0.2) is 4.79 Å². The van der Waals surface area contributed by atoms with Gasteiger partial charge in [0.2, 0.25) is 0 Å². The highest BCUT2D eigenvalue weighted by atomic mass is 16.5. The number of aromatic nitrogens is 4. The summed E-state index contributed by atoms with van der Waals surface area (Å²) in [4.78, 5) is 49.8. The summed E-state index contributed by atoms with van der Waals surface area (Å²) in [5.74, 6) is 0.651. The first-order chi connectivity index (χ1) is 17.3. The molecule has 1 atom stereocenters. The van der Waals surface area contributed by atoms with Crippen LogP contribution in [0.3, 0.4) is 0 Å². The number of nitrogens with two attached hydrogens (primary N) is 1. The number of likely N-dealkylation sites (tertiary alicyclic amines) is 1. The standard InChI is InChI=1S/C24H35N7O5/c1-4-6-14(3)36-23-28-21(25)17-22(29-23)31(24(34)27-17)13-15-7-10-30(11-8-15)12-9-26-16-18(32)19(33)20(16)35-5-2/h14-15,26H,4-13H2,1-3H3,(H,27,34)(H2,25,28,29)/t14-/m0/s1. The first kappa shape index (κ1) is 25.7. The summed E-state index contributed by atoms with van der Waals surface area (Å²) < 4.78 is 12.7. The van der Waals surface area contributed by atoms with Crippen LogP contribution in [0.15, 0.2) is 14.4 Å². The molecule has 1 aromatic carbocycles. The van der Waals surface area contributed by atoms with Crippen LogP contribution in [0, 0.1) is 5.92 Å². The van der Waals surface area contributed by atoms with Crippen molar-refractivity contribution in [1.29, 1.82) is 0 Å². The lowest BCUT2D eigenvalue weighted by atomic mass is 9.96. The molecule has 196 valence electrons. The Morgan fingerprint density at radius 2 is 1.92 bits per heavy atom. The van der Waals surface area contributed by atoms with E-state index in [9.17, 15) is 14.4 Å². The van der Waals surface area contributed by atoms with E-state index in [1.807, 2.05) is 6.92 Å². The number of nitrogen functional groups attached to an aromatic ring is 1. The van der Waals surface area contributed by atoms with Gasteiger partial charge in [0.1, 0.15) is 11.2 Å². The van der Waals surface area contributed by atoms with E-state index >= 15 is 0 Å². The van der Waals surface area contributed by atoms with Crippen LogP contribution >= 0.6 is 0 Å². The molecule has 1 aliphatic heterocycles. The Balaban J connectivity index is 1.33. The Morgan fingerprint density at radius 3 is 2.61 bits per heavy atom. The van der Waals surface area contributed by atoms with E-state index in [-0.39, 0.29) is 35.1 Å². The third kappa shape index (κ3) is 5.38. The van der Waals surface area contributed by atoms with Gasteiger partial charge in [0.15, 0.2) is 17.2 Å². The van der Waals surface area contributed by atoms with E-state index in [0.717, 1.165) is 45.3 Å². The molecule has 3 heterocycles. The smallest absolute Gasteiger partial charge is 0.327 e. The van der Waals surface area contributed by atoms with E-state index in [1.165, 1.54) is 0 Å². The third-order valence-electron chi connectivity index (χ3n) is 6.66. The number of hydrogen-bond acceptors (Lipinski definition) is 10. The Hall–Kier alpha value is -3.41. The molecule has 0 aliphatic carbocycles. The Kier molecular flexibility index (Phi) is 7.92. The number of rotatable bonds is 12. The predicted octanol–water partition coefficient (Wildman–Crippen LogP) is 1.09. The van der Waals surface area contributed by atoms with Gasteiger partial charge in [0.25, 0.3) is 10.9 Å². The fraction of sp³-hybridized carbons (Fsp3) is 0.625. The summed E-state index contributed by atoms with van der Waals surface area (Å²) in [6, 6.07) is 0.185. The summed E-state index contributed by atoms with van der Waals surface area (Å²) in [6.45, 7) is 9.72. The highest BCUT2D eigenvalue weighted by Crippen LogP contribution is 2.23. The molecule has 2 aromatic heterocycles. The SMILES string of the molecule is CCC[C@H](C)Oc1nc(N)c2[nH]c(=O)n(CC3CCN(CCNc4c(OCC)c(=O)c4=O)CC3)c2n1. The van der Waals surface area contributed by atoms with Crippen LogP contribution in [-0.2, 0) is 6.54 Å². The zero-order valence-electron chi connectivity index (χ0n) is 21.1. The first-order valence-electron chi connectivity index (χ1n) is 12.7. The van der Waals surface area contributed by atoms with E-state index < -0.39 is 10.9 Å². The number of fused-ring (bicyclic) bond motifs is 1. The zero-order valence-corrected chi connectivity index (χ0v) is 21.1. The van der Waals surface area contributed by atoms with Gasteiger partial charge < -0.3 is 30.4 Å². The molecule has 36 heavy (non-hydrogen) atoms. The first-order valence-corrected chi connectivity index (χ1v) is 12.7. The van der Waals surface area contributed by atoms with E-state index in [2.05, 4.69) is 32.1 Å². The van der Waals surface area contributed by atoms with Crippen molar-refractivity contribution in [3.05, 3.63) is 30.9 Å². The molecule has 0 bridgehead atoms. The maximum atomic E-state index is 12.7. The number of piperidine rings is 1. The molecule has 3 aromatic rings. The molecule has 0 spiro atoms. The fourth-order valence-electron chi connectivity index (χ4n) is 4.70. The number of imidazole rings is 1. The van der Waals surface area contributed by atoms with Crippen molar-refractivity contribution in [2.45, 2.75) is 59.1 Å². The Morgan fingerprint density at radius 1 is 1.17 bits per heavy atom. The number of H-pyrrole nitrogens is 1. The molecule has 1 aliphatic rings. The van der Waals surface area contributed by atoms with Crippen molar-refractivity contribution in [2.75, 3.05) is 43.8 Å². The largest absolute Gasteiger partial charge is 0.488 e. The maximum Gasteiger partial charge on any atom is 0.327 e. The minimum Gasteiger partial charge on any atom is -0.488 e. The van der Waals surface area contributed by atoms with Crippen molar-refractivity contribution < 1.29 is 9.47 Å². The summed E-state index contributed by atoms with van der Waals surface area (Å²) in [6.07, 6.45) is 3.64. The molecule has 1 saturated heterocycles. The molecule has 4 N–H and O–H groups in total. The predicted molar refractivity (Wildman–Crippen MR) is 138 cm³/mol. The van der Waals surface area contributed by atoms with Crippen LogP contribution in [0.25, 0.3) is 11.2 Å². The van der Waals surface area contributed by atoms with Crippen LogP contribution in [0.4, 0.5) is 11.5 Å². The number of hydrogen-bond donors (Lipinski definition) is 3. The van der Waals surface area contributed by atoms with Crippen LogP contribution in [-0.4, -0.2) is 63.3 Å². The van der Waals surface area contributed by atoms with Crippen molar-refractivity contribution in [3.63, 3.8) is 0 Å². The third-order valence-corrected chi connectivity index (χ3v) is 6.66. The van der Waals surface area contributed by atoms with E-state index in [1.54, 1.807) is 11.5 Å². The molecule has 0 amide bonds. The summed E-state index contributed by atoms with van der Waals surface area (Å²) in [5.41, 5.74) is 5.94. The van der Waals surface area contributed by atoms with Gasteiger partial charge in [-0.3, -0.25) is 14.2 Å². The second-order valence-electron chi connectivity index (χ2n) is 9.36. The molecule has 1 fully saturated rings. The zero-order chi connectivity index (χ0) is 25.8. The number of ether oxygens (including phenoxy) is 2. The molecular formula is C24H35N7O5. The summed E-state index contributed by atoms with van der Waals surface area (Å²) in [5, 5.41) is 3.04. The Bertz CT molecular complexity index is 1320. The second-order valence-corrected chi connectivity index (χ2v) is 9.36. The lowest BCUT2D eigenvalue weighted by Crippen LogP contribution is -2.40. The minimum atomic E-state index is -0.561. The second kappa shape index (κ2) is 11.1. The number of anilines is 2. The monoisotopic (exact) mass is 501 g/mol. The van der Waals surface area contributed by atoms with Gasteiger partial charge in [0.05, 0.1) is 12.7 Å². The van der Waals surface area contributed by atoms with Crippen molar-refractivity contribution in [1.82, 2.24) is 24.4 Å². The summed E-state index contributed by atoms with van der Waals surface area (Å²) in [7, 11) is 0. The fourth-order valence-corrected chi connectivity index (χ4v) is 4.70. The normalized spacial score (nSPS) is 16.0. The van der Waals surface area contributed by atoms with Gasteiger partial charge in [-0.2, -0.15) is 9.97 Å².